The summed E-state index contributed by atoms with van der Waals surface area (Å²) in [7, 11) is 2.33. The first kappa shape index (κ1) is 26.0. The molecule has 0 spiro atoms. The van der Waals surface area contributed by atoms with Crippen molar-refractivity contribution in [2.24, 2.45) is 28.6 Å². The van der Waals surface area contributed by atoms with Crippen LogP contribution in [0, 0.1) is 28.6 Å². The number of hydrogen-bond acceptors (Lipinski definition) is 1. The molecule has 0 radical (unpaired) electrons. The molecule has 2 unspecified atom stereocenters. The largest absolute Gasteiger partial charge is 0.304 e. The first-order valence-corrected chi connectivity index (χ1v) is 11.6. The van der Waals surface area contributed by atoms with Gasteiger partial charge in [0, 0.05) is 12.6 Å². The molecule has 158 valence electrons. The quantitative estimate of drug-likeness (QED) is 0.300. The number of nitrogens with zero attached hydrogens (tertiary/aromatic N) is 1. The average molecular weight is 368 g/mol. The van der Waals surface area contributed by atoms with E-state index < -0.39 is 0 Å². The third-order valence-electron chi connectivity index (χ3n) is 7.62. The van der Waals surface area contributed by atoms with Gasteiger partial charge in [-0.05, 0) is 62.3 Å². The van der Waals surface area contributed by atoms with Crippen molar-refractivity contribution in [3.05, 3.63) is 0 Å². The molecule has 2 atom stereocenters. The lowest BCUT2D eigenvalue weighted by Gasteiger charge is -2.45. The number of hydrogen-bond donors (Lipinski definition) is 0. The van der Waals surface area contributed by atoms with Crippen LogP contribution in [0.1, 0.15) is 114 Å². The molecule has 0 saturated carbocycles. The smallest absolute Gasteiger partial charge is 0.00356 e. The highest BCUT2D eigenvalue weighted by molar-refractivity contribution is 4.88. The summed E-state index contributed by atoms with van der Waals surface area (Å²) in [6, 6.07) is 0.633. The monoisotopic (exact) mass is 367 g/mol. The molecule has 0 heterocycles. The van der Waals surface area contributed by atoms with Crippen LogP contribution in [0.4, 0.5) is 0 Å². The summed E-state index contributed by atoms with van der Waals surface area (Å²) in [5.74, 6) is 2.47. The SMILES string of the molecule is CCCC(CCC)C(CN(C)C(C)C)C(C)(C)CCC(C)(C)C(C)CC. The fraction of sp³-hybridized carbons (Fsp3) is 1.00. The molecule has 0 aliphatic heterocycles. The Labute approximate surface area is 167 Å². The Morgan fingerprint density at radius 1 is 0.769 bits per heavy atom. The van der Waals surface area contributed by atoms with E-state index in [0.29, 0.717) is 16.9 Å². The van der Waals surface area contributed by atoms with E-state index in [1.165, 1.54) is 51.5 Å². The van der Waals surface area contributed by atoms with Gasteiger partial charge in [0.1, 0.15) is 0 Å². The summed E-state index contributed by atoms with van der Waals surface area (Å²) < 4.78 is 0. The fourth-order valence-electron chi connectivity index (χ4n) is 4.47. The van der Waals surface area contributed by atoms with Crippen molar-refractivity contribution < 1.29 is 0 Å². The molecule has 0 bridgehead atoms. The van der Waals surface area contributed by atoms with Crippen LogP contribution in [0.2, 0.25) is 0 Å². The predicted molar refractivity (Wildman–Crippen MR) is 121 cm³/mol. The van der Waals surface area contributed by atoms with Gasteiger partial charge < -0.3 is 4.90 Å². The van der Waals surface area contributed by atoms with E-state index in [1.807, 2.05) is 0 Å². The molecule has 0 amide bonds. The highest BCUT2D eigenvalue weighted by Crippen LogP contribution is 2.45. The molecular weight excluding hydrogens is 314 g/mol. The second-order valence-corrected chi connectivity index (χ2v) is 10.8. The Balaban J connectivity index is 5.39. The standard InChI is InChI=1S/C25H53N/c1-12-15-22(16-13-2)23(19-26(11)20(4)5)25(9,10)18-17-24(7,8)21(6)14-3/h20-23H,12-19H2,1-11H3. The summed E-state index contributed by atoms with van der Waals surface area (Å²) in [6.45, 7) is 25.5. The molecule has 0 fully saturated rings. The Hall–Kier alpha value is -0.0400. The van der Waals surface area contributed by atoms with Crippen LogP contribution in [0.3, 0.4) is 0 Å². The second-order valence-electron chi connectivity index (χ2n) is 10.8. The lowest BCUT2D eigenvalue weighted by molar-refractivity contribution is 0.0503. The van der Waals surface area contributed by atoms with Gasteiger partial charge in [-0.2, -0.15) is 0 Å². The molecule has 0 aliphatic rings. The van der Waals surface area contributed by atoms with Gasteiger partial charge in [0.2, 0.25) is 0 Å². The zero-order chi connectivity index (χ0) is 20.5. The maximum atomic E-state index is 2.59. The van der Waals surface area contributed by atoms with Gasteiger partial charge in [-0.1, -0.05) is 87.5 Å². The third kappa shape index (κ3) is 8.32. The first-order chi connectivity index (χ1) is 11.9. The van der Waals surface area contributed by atoms with Crippen LogP contribution >= 0.6 is 0 Å². The molecule has 0 aromatic carbocycles. The molecule has 1 heteroatoms. The molecule has 26 heavy (non-hydrogen) atoms. The van der Waals surface area contributed by atoms with E-state index in [4.69, 9.17) is 0 Å². The highest BCUT2D eigenvalue weighted by atomic mass is 15.1. The molecule has 0 aromatic heterocycles. The summed E-state index contributed by atoms with van der Waals surface area (Å²) in [4.78, 5) is 2.59. The molecule has 0 rings (SSSR count). The molecule has 0 aromatic rings. The zero-order valence-electron chi connectivity index (χ0n) is 20.4. The zero-order valence-corrected chi connectivity index (χ0v) is 20.4. The van der Waals surface area contributed by atoms with Gasteiger partial charge >= 0.3 is 0 Å². The Morgan fingerprint density at radius 3 is 1.62 bits per heavy atom. The van der Waals surface area contributed by atoms with Crippen molar-refractivity contribution in [3.63, 3.8) is 0 Å². The lowest BCUT2D eigenvalue weighted by atomic mass is 9.64. The van der Waals surface area contributed by atoms with E-state index in [9.17, 15) is 0 Å². The van der Waals surface area contributed by atoms with Crippen LogP contribution in [-0.2, 0) is 0 Å². The van der Waals surface area contributed by atoms with Crippen molar-refractivity contribution in [2.45, 2.75) is 120 Å². The summed E-state index contributed by atoms with van der Waals surface area (Å²) in [5.41, 5.74) is 0.856. The van der Waals surface area contributed by atoms with Crippen molar-refractivity contribution in [2.75, 3.05) is 13.6 Å². The van der Waals surface area contributed by atoms with Gasteiger partial charge in [0.25, 0.3) is 0 Å². The first-order valence-electron chi connectivity index (χ1n) is 11.6. The Bertz CT molecular complexity index is 349. The molecule has 0 N–H and O–H groups in total. The maximum Gasteiger partial charge on any atom is 0.00356 e. The highest BCUT2D eigenvalue weighted by Gasteiger charge is 2.37. The van der Waals surface area contributed by atoms with Crippen molar-refractivity contribution in [1.29, 1.82) is 0 Å². The minimum Gasteiger partial charge on any atom is -0.304 e. The summed E-state index contributed by atoms with van der Waals surface area (Å²) in [6.07, 6.45) is 9.42. The van der Waals surface area contributed by atoms with Crippen molar-refractivity contribution in [1.82, 2.24) is 4.90 Å². The number of rotatable bonds is 14. The molecule has 0 saturated heterocycles. The lowest BCUT2D eigenvalue weighted by Crippen LogP contribution is -2.42. The van der Waals surface area contributed by atoms with Gasteiger partial charge in [0.15, 0.2) is 0 Å². The average Bonchev–Trinajstić information content (AvgIpc) is 2.56. The Kier molecular flexibility index (Phi) is 11.7. The van der Waals surface area contributed by atoms with Gasteiger partial charge in [-0.3, -0.25) is 0 Å². The van der Waals surface area contributed by atoms with Crippen molar-refractivity contribution in [3.8, 4) is 0 Å². The fourth-order valence-corrected chi connectivity index (χ4v) is 4.47. The van der Waals surface area contributed by atoms with Gasteiger partial charge in [-0.25, -0.2) is 0 Å². The van der Waals surface area contributed by atoms with E-state index in [2.05, 4.69) is 81.2 Å². The minimum atomic E-state index is 0.406. The summed E-state index contributed by atoms with van der Waals surface area (Å²) >= 11 is 0. The molecule has 0 aliphatic carbocycles. The van der Waals surface area contributed by atoms with E-state index in [-0.39, 0.29) is 0 Å². The molecule has 1 nitrogen and oxygen atoms in total. The van der Waals surface area contributed by atoms with Crippen LogP contribution in [0.5, 0.6) is 0 Å². The second kappa shape index (κ2) is 11.7. The summed E-state index contributed by atoms with van der Waals surface area (Å²) in [5, 5.41) is 0. The molecular formula is C25H53N. The van der Waals surface area contributed by atoms with Crippen LogP contribution in [-0.4, -0.2) is 24.5 Å². The van der Waals surface area contributed by atoms with E-state index in [0.717, 1.165) is 17.8 Å². The van der Waals surface area contributed by atoms with E-state index >= 15 is 0 Å². The van der Waals surface area contributed by atoms with Crippen molar-refractivity contribution >= 4 is 0 Å². The van der Waals surface area contributed by atoms with Gasteiger partial charge in [0.05, 0.1) is 0 Å². The van der Waals surface area contributed by atoms with E-state index in [1.54, 1.807) is 0 Å². The Morgan fingerprint density at radius 2 is 1.23 bits per heavy atom. The minimum absolute atomic E-state index is 0.406. The topological polar surface area (TPSA) is 3.24 Å². The van der Waals surface area contributed by atoms with Crippen LogP contribution in [0.15, 0.2) is 0 Å². The van der Waals surface area contributed by atoms with Crippen LogP contribution < -0.4 is 0 Å². The normalized spacial score (nSPS) is 15.9. The third-order valence-corrected chi connectivity index (χ3v) is 7.62. The predicted octanol–water partition coefficient (Wildman–Crippen LogP) is 8.04. The maximum absolute atomic E-state index is 2.59. The van der Waals surface area contributed by atoms with Crippen LogP contribution in [0.25, 0.3) is 0 Å². The van der Waals surface area contributed by atoms with Gasteiger partial charge in [-0.15, -0.1) is 0 Å².